The lowest BCUT2D eigenvalue weighted by Crippen LogP contribution is -2.45. The molecule has 1 aliphatic carbocycles. The second-order valence-electron chi connectivity index (χ2n) is 6.21. The fourth-order valence-corrected chi connectivity index (χ4v) is 3.46. The second kappa shape index (κ2) is 6.50. The van der Waals surface area contributed by atoms with Crippen molar-refractivity contribution in [3.8, 4) is 0 Å². The first kappa shape index (κ1) is 14.4. The Labute approximate surface area is 126 Å². The van der Waals surface area contributed by atoms with Gasteiger partial charge in [-0.1, -0.05) is 31.3 Å². The van der Waals surface area contributed by atoms with E-state index in [2.05, 4.69) is 17.4 Å². The summed E-state index contributed by atoms with van der Waals surface area (Å²) in [7, 11) is 0. The van der Waals surface area contributed by atoms with E-state index in [0.29, 0.717) is 6.04 Å². The van der Waals surface area contributed by atoms with E-state index in [9.17, 15) is 4.79 Å². The molecule has 1 saturated heterocycles. The predicted molar refractivity (Wildman–Crippen MR) is 80.0 cm³/mol. The van der Waals surface area contributed by atoms with Gasteiger partial charge in [0.2, 0.25) is 0 Å². The number of aromatic nitrogens is 1. The minimum absolute atomic E-state index is 0.0568. The van der Waals surface area contributed by atoms with Crippen LogP contribution in [0.25, 0.3) is 0 Å². The minimum atomic E-state index is 0.0568. The van der Waals surface area contributed by atoms with Crippen molar-refractivity contribution < 1.29 is 9.32 Å². The smallest absolute Gasteiger partial charge is 0.318 e. The van der Waals surface area contributed by atoms with Crippen molar-refractivity contribution in [1.29, 1.82) is 0 Å². The number of aryl methyl sites for hydroxylation is 1. The standard InChI is InChI=1S/C16H25N3O2/c1-2-12-11-15(21-18-12)14-9-6-10-19(14)16(20)17-13-7-4-3-5-8-13/h11,13-14H,2-10H2,1H3,(H,17,20)/t14-/m1/s1. The van der Waals surface area contributed by atoms with Gasteiger partial charge in [0.15, 0.2) is 5.76 Å². The van der Waals surface area contributed by atoms with E-state index in [-0.39, 0.29) is 12.1 Å². The number of amides is 2. The minimum Gasteiger partial charge on any atom is -0.359 e. The van der Waals surface area contributed by atoms with Crippen LogP contribution < -0.4 is 5.32 Å². The van der Waals surface area contributed by atoms with Gasteiger partial charge in [-0.3, -0.25) is 0 Å². The SMILES string of the molecule is CCc1cc([C@H]2CCCN2C(=O)NC2CCCCC2)on1. The Bertz CT molecular complexity index is 480. The number of likely N-dealkylation sites (tertiary alicyclic amines) is 1. The van der Waals surface area contributed by atoms with Crippen molar-refractivity contribution in [1.82, 2.24) is 15.4 Å². The summed E-state index contributed by atoms with van der Waals surface area (Å²) in [4.78, 5) is 14.5. The second-order valence-corrected chi connectivity index (χ2v) is 6.21. The van der Waals surface area contributed by atoms with Gasteiger partial charge in [-0.15, -0.1) is 0 Å². The van der Waals surface area contributed by atoms with Gasteiger partial charge < -0.3 is 14.7 Å². The molecule has 0 aromatic carbocycles. The van der Waals surface area contributed by atoms with Crippen LogP contribution in [0, 0.1) is 0 Å². The van der Waals surface area contributed by atoms with E-state index in [1.807, 2.05) is 11.0 Å². The molecule has 0 unspecified atom stereocenters. The summed E-state index contributed by atoms with van der Waals surface area (Å²) >= 11 is 0. The fraction of sp³-hybridized carbons (Fsp3) is 0.750. The molecule has 1 aliphatic heterocycles. The Kier molecular flexibility index (Phi) is 4.46. The Balaban J connectivity index is 1.63. The molecule has 0 spiro atoms. The van der Waals surface area contributed by atoms with Crippen LogP contribution in [-0.2, 0) is 6.42 Å². The predicted octanol–water partition coefficient (Wildman–Crippen LogP) is 3.42. The van der Waals surface area contributed by atoms with Crippen molar-refractivity contribution in [2.75, 3.05) is 6.54 Å². The zero-order chi connectivity index (χ0) is 14.7. The molecular weight excluding hydrogens is 266 g/mol. The quantitative estimate of drug-likeness (QED) is 0.928. The van der Waals surface area contributed by atoms with E-state index in [1.54, 1.807) is 0 Å². The summed E-state index contributed by atoms with van der Waals surface area (Å²) in [5.41, 5.74) is 0.963. The molecular formula is C16H25N3O2. The van der Waals surface area contributed by atoms with E-state index in [0.717, 1.165) is 50.1 Å². The Morgan fingerprint density at radius 2 is 2.14 bits per heavy atom. The van der Waals surface area contributed by atoms with Crippen LogP contribution in [0.4, 0.5) is 4.79 Å². The molecule has 1 aromatic heterocycles. The van der Waals surface area contributed by atoms with E-state index in [4.69, 9.17) is 4.52 Å². The summed E-state index contributed by atoms with van der Waals surface area (Å²) in [5, 5.41) is 7.26. The molecule has 2 aliphatic rings. The number of rotatable bonds is 3. The highest BCUT2D eigenvalue weighted by atomic mass is 16.5. The normalized spacial score (nSPS) is 23.5. The maximum atomic E-state index is 12.5. The molecule has 2 amide bonds. The van der Waals surface area contributed by atoms with Crippen LogP contribution >= 0.6 is 0 Å². The van der Waals surface area contributed by atoms with E-state index < -0.39 is 0 Å². The molecule has 1 atom stereocenters. The maximum Gasteiger partial charge on any atom is 0.318 e. The third kappa shape index (κ3) is 3.22. The van der Waals surface area contributed by atoms with Crippen LogP contribution in [0.15, 0.2) is 10.6 Å². The van der Waals surface area contributed by atoms with Gasteiger partial charge in [0.25, 0.3) is 0 Å². The molecule has 3 rings (SSSR count). The molecule has 0 bridgehead atoms. The Morgan fingerprint density at radius 1 is 1.33 bits per heavy atom. The largest absolute Gasteiger partial charge is 0.359 e. The molecule has 5 nitrogen and oxygen atoms in total. The molecule has 1 aromatic rings. The van der Waals surface area contributed by atoms with Crippen molar-refractivity contribution in [3.63, 3.8) is 0 Å². The molecule has 21 heavy (non-hydrogen) atoms. The van der Waals surface area contributed by atoms with Crippen molar-refractivity contribution in [2.24, 2.45) is 0 Å². The van der Waals surface area contributed by atoms with Gasteiger partial charge in [-0.05, 0) is 32.1 Å². The summed E-state index contributed by atoms with van der Waals surface area (Å²) in [6.45, 7) is 2.87. The van der Waals surface area contributed by atoms with Gasteiger partial charge in [0.1, 0.15) is 0 Å². The number of nitrogens with one attached hydrogen (secondary N) is 1. The average molecular weight is 291 g/mol. The monoisotopic (exact) mass is 291 g/mol. The third-order valence-electron chi connectivity index (χ3n) is 4.71. The Hall–Kier alpha value is -1.52. The molecule has 1 saturated carbocycles. The topological polar surface area (TPSA) is 58.4 Å². The number of hydrogen-bond acceptors (Lipinski definition) is 3. The molecule has 1 N–H and O–H groups in total. The highest BCUT2D eigenvalue weighted by Gasteiger charge is 2.33. The zero-order valence-corrected chi connectivity index (χ0v) is 12.8. The van der Waals surface area contributed by atoms with Gasteiger partial charge in [-0.25, -0.2) is 4.79 Å². The van der Waals surface area contributed by atoms with Crippen LogP contribution in [0.1, 0.15) is 69.4 Å². The number of nitrogens with zero attached hydrogens (tertiary/aromatic N) is 2. The average Bonchev–Trinajstić information content (AvgIpc) is 3.16. The van der Waals surface area contributed by atoms with Crippen LogP contribution in [0.2, 0.25) is 0 Å². The van der Waals surface area contributed by atoms with E-state index in [1.165, 1.54) is 19.3 Å². The van der Waals surface area contributed by atoms with Gasteiger partial charge in [0.05, 0.1) is 11.7 Å². The highest BCUT2D eigenvalue weighted by molar-refractivity contribution is 5.75. The lowest BCUT2D eigenvalue weighted by atomic mass is 9.96. The summed E-state index contributed by atoms with van der Waals surface area (Å²) in [6.07, 6.45) is 8.87. The molecule has 2 heterocycles. The van der Waals surface area contributed by atoms with Crippen molar-refractivity contribution >= 4 is 6.03 Å². The summed E-state index contributed by atoms with van der Waals surface area (Å²) in [5.74, 6) is 0.836. The number of carbonyl (C=O) groups excluding carboxylic acids is 1. The number of carbonyl (C=O) groups is 1. The Morgan fingerprint density at radius 3 is 2.86 bits per heavy atom. The van der Waals surface area contributed by atoms with Crippen molar-refractivity contribution in [3.05, 3.63) is 17.5 Å². The number of urea groups is 1. The van der Waals surface area contributed by atoms with Gasteiger partial charge in [-0.2, -0.15) is 0 Å². The zero-order valence-electron chi connectivity index (χ0n) is 12.8. The molecule has 0 radical (unpaired) electrons. The van der Waals surface area contributed by atoms with Crippen LogP contribution in [-0.4, -0.2) is 28.7 Å². The van der Waals surface area contributed by atoms with E-state index >= 15 is 0 Å². The first-order chi connectivity index (χ1) is 10.3. The summed E-state index contributed by atoms with van der Waals surface area (Å²) in [6, 6.07) is 2.48. The van der Waals surface area contributed by atoms with Gasteiger partial charge >= 0.3 is 6.03 Å². The highest BCUT2D eigenvalue weighted by Crippen LogP contribution is 2.32. The lowest BCUT2D eigenvalue weighted by molar-refractivity contribution is 0.175. The summed E-state index contributed by atoms with van der Waals surface area (Å²) < 4.78 is 5.44. The first-order valence-electron chi connectivity index (χ1n) is 8.30. The molecule has 2 fully saturated rings. The number of hydrogen-bond donors (Lipinski definition) is 1. The lowest BCUT2D eigenvalue weighted by Gasteiger charge is -2.28. The van der Waals surface area contributed by atoms with Crippen LogP contribution in [0.5, 0.6) is 0 Å². The molecule has 5 heteroatoms. The maximum absolute atomic E-state index is 12.5. The third-order valence-corrected chi connectivity index (χ3v) is 4.71. The van der Waals surface area contributed by atoms with Gasteiger partial charge in [0, 0.05) is 18.7 Å². The first-order valence-corrected chi connectivity index (χ1v) is 8.30. The van der Waals surface area contributed by atoms with Crippen LogP contribution in [0.3, 0.4) is 0 Å². The van der Waals surface area contributed by atoms with Crippen molar-refractivity contribution in [2.45, 2.75) is 70.4 Å². The molecule has 116 valence electrons. The fourth-order valence-electron chi connectivity index (χ4n) is 3.46.